The lowest BCUT2D eigenvalue weighted by atomic mass is 9.95. The molecule has 13 heteroatoms. The molecule has 0 saturated carbocycles. The van der Waals surface area contributed by atoms with E-state index in [4.69, 9.17) is 11.6 Å². The summed E-state index contributed by atoms with van der Waals surface area (Å²) in [5, 5.41) is 10.6. The number of anilines is 2. The highest BCUT2D eigenvalue weighted by Crippen LogP contribution is 2.47. The molecule has 2 aliphatic rings. The van der Waals surface area contributed by atoms with Crippen LogP contribution in [0, 0.1) is 18.6 Å². The molecular weight excluding hydrogens is 618 g/mol. The number of hydrogen-bond acceptors (Lipinski definition) is 7. The molecule has 0 aliphatic carbocycles. The van der Waals surface area contributed by atoms with E-state index in [9.17, 15) is 19.5 Å². The summed E-state index contributed by atoms with van der Waals surface area (Å²) < 4.78 is 33.7. The van der Waals surface area contributed by atoms with Gasteiger partial charge >= 0.3 is 0 Å². The number of aromatic nitrogens is 3. The van der Waals surface area contributed by atoms with Crippen molar-refractivity contribution in [2.45, 2.75) is 45.7 Å². The Labute approximate surface area is 268 Å². The van der Waals surface area contributed by atoms with Gasteiger partial charge in [-0.15, -0.1) is 0 Å². The van der Waals surface area contributed by atoms with Crippen LogP contribution in [-0.2, 0) is 9.59 Å². The Morgan fingerprint density at radius 3 is 2.50 bits per heavy atom. The highest BCUT2D eigenvalue weighted by Gasteiger charge is 2.46. The Kier molecular flexibility index (Phi) is 7.58. The predicted molar refractivity (Wildman–Crippen MR) is 172 cm³/mol. The number of benzene rings is 2. The Morgan fingerprint density at radius 1 is 1.13 bits per heavy atom. The minimum Gasteiger partial charge on any atom is -0.507 e. The van der Waals surface area contributed by atoms with Crippen molar-refractivity contribution in [1.82, 2.24) is 19.4 Å². The van der Waals surface area contributed by atoms with E-state index in [1.807, 2.05) is 13.8 Å². The minimum absolute atomic E-state index is 0.000259. The van der Waals surface area contributed by atoms with Crippen LogP contribution < -0.4 is 15.4 Å². The summed E-state index contributed by atoms with van der Waals surface area (Å²) in [5.74, 6) is -3.55. The van der Waals surface area contributed by atoms with Gasteiger partial charge in [0.25, 0.3) is 11.5 Å². The van der Waals surface area contributed by atoms with Gasteiger partial charge in [-0.25, -0.2) is 18.7 Å². The normalized spacial score (nSPS) is 17.8. The number of likely N-dealkylation sites (N-methyl/N-ethyl adjacent to an activating group) is 1. The fourth-order valence-corrected chi connectivity index (χ4v) is 6.90. The van der Waals surface area contributed by atoms with Crippen LogP contribution in [0.15, 0.2) is 48.0 Å². The summed E-state index contributed by atoms with van der Waals surface area (Å²) in [4.78, 5) is 54.5. The van der Waals surface area contributed by atoms with Crippen molar-refractivity contribution in [1.29, 1.82) is 0 Å². The van der Waals surface area contributed by atoms with E-state index in [-0.39, 0.29) is 57.9 Å². The molecule has 2 amide bonds. The molecule has 0 spiro atoms. The second-order valence-corrected chi connectivity index (χ2v) is 12.3. The summed E-state index contributed by atoms with van der Waals surface area (Å²) in [5.41, 5.74) is -0.686. The van der Waals surface area contributed by atoms with Crippen LogP contribution in [0.2, 0.25) is 5.02 Å². The molecule has 1 saturated heterocycles. The first kappa shape index (κ1) is 31.2. The zero-order valence-corrected chi connectivity index (χ0v) is 26.6. The fourth-order valence-electron chi connectivity index (χ4n) is 6.62. The van der Waals surface area contributed by atoms with E-state index in [1.54, 1.807) is 18.7 Å². The van der Waals surface area contributed by atoms with E-state index in [2.05, 4.69) is 16.5 Å². The van der Waals surface area contributed by atoms with Gasteiger partial charge in [-0.2, -0.15) is 0 Å². The van der Waals surface area contributed by atoms with Crippen molar-refractivity contribution < 1.29 is 23.5 Å². The molecule has 2 aliphatic heterocycles. The second kappa shape index (κ2) is 11.2. The molecule has 10 nitrogen and oxygen atoms in total. The Balaban J connectivity index is 1.80. The number of carbonyl (C=O) groups excluding carboxylic acids is 2. The van der Waals surface area contributed by atoms with Crippen molar-refractivity contribution in [2.24, 2.45) is 0 Å². The molecule has 6 rings (SSSR count). The standard InChI is InChI=1S/C33H31ClF2N6O4/c1-7-23(44)40-13-21-32(45)39(6)31-30(41(21)12-16(40)4)18-11-19(34)24(25-20(35)9-8-10-22(25)43)26(36)29(18)42(33(31)46)28-17(5)37-14-38-27(28)15(2)3/h7-11,14-16,21,43H,1,12-13H2,2-6H3. The highest BCUT2D eigenvalue weighted by molar-refractivity contribution is 6.35. The van der Waals surface area contributed by atoms with Crippen molar-refractivity contribution in [3.63, 3.8) is 0 Å². The van der Waals surface area contributed by atoms with Crippen LogP contribution in [0.1, 0.15) is 38.1 Å². The van der Waals surface area contributed by atoms with Crippen molar-refractivity contribution >= 4 is 45.7 Å². The van der Waals surface area contributed by atoms with E-state index in [0.29, 0.717) is 11.4 Å². The zero-order chi connectivity index (χ0) is 33.4. The second-order valence-electron chi connectivity index (χ2n) is 11.9. The van der Waals surface area contributed by atoms with Crippen molar-refractivity contribution in [3.05, 3.63) is 81.6 Å². The van der Waals surface area contributed by atoms with Crippen LogP contribution >= 0.6 is 11.6 Å². The molecule has 1 fully saturated rings. The van der Waals surface area contributed by atoms with Crippen molar-refractivity contribution in [3.8, 4) is 22.6 Å². The maximum atomic E-state index is 17.3. The van der Waals surface area contributed by atoms with Crippen molar-refractivity contribution in [2.75, 3.05) is 29.9 Å². The Hall–Kier alpha value is -4.84. The molecular formula is C33H31ClF2N6O4. The number of phenolic OH excluding ortho intramolecular Hbond substituents is 1. The number of halogens is 3. The number of fused-ring (bicyclic) bond motifs is 5. The third-order valence-corrected chi connectivity index (χ3v) is 9.08. The van der Waals surface area contributed by atoms with Crippen LogP contribution in [0.3, 0.4) is 0 Å². The number of phenols is 1. The van der Waals surface area contributed by atoms with Gasteiger partial charge in [-0.1, -0.05) is 38.1 Å². The van der Waals surface area contributed by atoms with E-state index in [0.717, 1.165) is 10.6 Å². The number of aromatic hydroxyl groups is 1. The number of carbonyl (C=O) groups is 2. The summed E-state index contributed by atoms with van der Waals surface area (Å²) in [7, 11) is 1.45. The first-order valence-electron chi connectivity index (χ1n) is 14.7. The maximum Gasteiger partial charge on any atom is 0.281 e. The lowest BCUT2D eigenvalue weighted by Gasteiger charge is -2.50. The number of pyridine rings is 1. The molecule has 2 unspecified atom stereocenters. The molecule has 1 N–H and O–H groups in total. The molecule has 4 heterocycles. The van der Waals surface area contributed by atoms with Gasteiger partial charge < -0.3 is 19.8 Å². The average Bonchev–Trinajstić information content (AvgIpc) is 3.00. The molecule has 4 aromatic rings. The van der Waals surface area contributed by atoms with E-state index < -0.39 is 52.1 Å². The minimum atomic E-state index is -1.06. The number of rotatable bonds is 4. The molecule has 2 aromatic heterocycles. The Morgan fingerprint density at radius 2 is 1.85 bits per heavy atom. The average molecular weight is 649 g/mol. The topological polar surface area (TPSA) is 112 Å². The van der Waals surface area contributed by atoms with Gasteiger partial charge in [0.15, 0.2) is 5.82 Å². The first-order chi connectivity index (χ1) is 21.8. The van der Waals surface area contributed by atoms with Crippen LogP contribution in [0.5, 0.6) is 5.75 Å². The van der Waals surface area contributed by atoms with E-state index >= 15 is 8.78 Å². The number of hydrogen-bond donors (Lipinski definition) is 1. The highest BCUT2D eigenvalue weighted by atomic mass is 35.5. The van der Waals surface area contributed by atoms with Gasteiger partial charge in [-0.3, -0.25) is 19.0 Å². The quantitative estimate of drug-likeness (QED) is 0.307. The third kappa shape index (κ3) is 4.45. The molecule has 2 atom stereocenters. The van der Waals surface area contributed by atoms with Gasteiger partial charge in [0.1, 0.15) is 29.6 Å². The Bertz CT molecular complexity index is 2030. The SMILES string of the molecule is C=CC(=O)N1CC2C(=O)N(C)c3c(c4cc(Cl)c(-c5c(O)cccc5F)c(F)c4n(-c4c(C)ncnc4C(C)C)c3=O)N2CC1C. The number of nitrogens with zero attached hydrogens (tertiary/aromatic N) is 6. The van der Waals surface area contributed by atoms with Gasteiger partial charge in [0, 0.05) is 30.6 Å². The maximum absolute atomic E-state index is 17.3. The fraction of sp³-hybridized carbons (Fsp3) is 0.303. The number of amides is 2. The lowest BCUT2D eigenvalue weighted by Crippen LogP contribution is -2.66. The molecule has 238 valence electrons. The van der Waals surface area contributed by atoms with E-state index in [1.165, 1.54) is 47.4 Å². The third-order valence-electron chi connectivity index (χ3n) is 8.78. The molecule has 0 bridgehead atoms. The van der Waals surface area contributed by atoms with Crippen LogP contribution in [0.4, 0.5) is 20.2 Å². The first-order valence-corrected chi connectivity index (χ1v) is 15.1. The van der Waals surface area contributed by atoms with Crippen LogP contribution in [0.25, 0.3) is 27.7 Å². The van der Waals surface area contributed by atoms with Gasteiger partial charge in [0.2, 0.25) is 5.91 Å². The largest absolute Gasteiger partial charge is 0.507 e. The monoisotopic (exact) mass is 648 g/mol. The van der Waals surface area contributed by atoms with Crippen LogP contribution in [-0.4, -0.2) is 68.6 Å². The summed E-state index contributed by atoms with van der Waals surface area (Å²) >= 11 is 6.74. The van der Waals surface area contributed by atoms with Gasteiger partial charge in [0.05, 0.1) is 45.4 Å². The summed E-state index contributed by atoms with van der Waals surface area (Å²) in [6.07, 6.45) is 2.53. The predicted octanol–water partition coefficient (Wildman–Crippen LogP) is 5.08. The zero-order valence-electron chi connectivity index (χ0n) is 25.8. The smallest absolute Gasteiger partial charge is 0.281 e. The summed E-state index contributed by atoms with van der Waals surface area (Å²) in [6.45, 7) is 10.9. The lowest BCUT2D eigenvalue weighted by molar-refractivity contribution is -0.130. The molecule has 0 radical (unpaired) electrons. The molecule has 2 aromatic carbocycles. The number of piperazine rings is 1. The summed E-state index contributed by atoms with van der Waals surface area (Å²) in [6, 6.07) is 3.66. The number of aryl methyl sites for hydroxylation is 1. The van der Waals surface area contributed by atoms with Gasteiger partial charge in [-0.05, 0) is 44.0 Å². The molecule has 46 heavy (non-hydrogen) atoms.